The molecule has 0 saturated carbocycles. The number of carbonyl (C=O) groups excluding carboxylic acids is 1. The van der Waals surface area contributed by atoms with Crippen LogP contribution in [0.25, 0.3) is 0 Å². The fourth-order valence-corrected chi connectivity index (χ4v) is 2.38. The summed E-state index contributed by atoms with van der Waals surface area (Å²) in [6, 6.07) is 0.683. The van der Waals surface area contributed by atoms with Gasteiger partial charge in [-0.15, -0.1) is 0 Å². The Morgan fingerprint density at radius 2 is 1.00 bits per heavy atom. The van der Waals surface area contributed by atoms with Crippen molar-refractivity contribution in [2.75, 3.05) is 0 Å². The van der Waals surface area contributed by atoms with Crippen molar-refractivity contribution in [3.8, 4) is 0 Å². The molecule has 0 bridgehead atoms. The van der Waals surface area contributed by atoms with Crippen molar-refractivity contribution in [2.45, 2.75) is 60.7 Å². The number of alkyl halides is 17. The number of aryl methyl sites for hydroxylation is 2. The second-order valence-electron chi connectivity index (χ2n) is 6.66. The number of hydrogen-bond acceptors (Lipinski definition) is 2. The highest BCUT2D eigenvalue weighted by Crippen LogP contribution is 2.64. The minimum absolute atomic E-state index is 0.419. The third kappa shape index (κ3) is 3.68. The maximum absolute atomic E-state index is 13.9. The number of nitrogens with zero attached hydrogens (tertiary/aromatic N) is 2. The van der Waals surface area contributed by atoms with Gasteiger partial charge in [-0.2, -0.15) is 80.0 Å². The highest BCUT2D eigenvalue weighted by molar-refractivity contribution is 6.22. The van der Waals surface area contributed by atoms with Gasteiger partial charge in [-0.3, -0.25) is 4.79 Å². The van der Waals surface area contributed by atoms with E-state index in [0.717, 1.165) is 6.92 Å². The first-order chi connectivity index (χ1) is 14.6. The topological polar surface area (TPSA) is 34.9 Å². The Kier molecular flexibility index (Phi) is 6.88. The van der Waals surface area contributed by atoms with Gasteiger partial charge in [0.15, 0.2) is 0 Å². The molecule has 0 aliphatic rings. The summed E-state index contributed by atoms with van der Waals surface area (Å²) in [7, 11) is 0. The Morgan fingerprint density at radius 3 is 1.29 bits per heavy atom. The molecule has 1 heterocycles. The lowest BCUT2D eigenvalue weighted by Gasteiger charge is -2.42. The van der Waals surface area contributed by atoms with Gasteiger partial charge in [0.25, 0.3) is 0 Å². The number of rotatable bonds is 8. The summed E-state index contributed by atoms with van der Waals surface area (Å²) >= 11 is 3.42. The molecular weight excluding hydrogens is 552 g/mol. The van der Waals surface area contributed by atoms with Crippen LogP contribution in [0.15, 0.2) is 6.07 Å². The molecule has 0 radical (unpaired) electrons. The molecule has 1 aromatic heterocycles. The predicted molar refractivity (Wildman–Crippen MR) is 77.8 cm³/mol. The quantitative estimate of drug-likeness (QED) is 0.273. The second-order valence-corrected chi connectivity index (χ2v) is 7.14. The Morgan fingerprint density at radius 1 is 0.676 bits per heavy atom. The van der Waals surface area contributed by atoms with Gasteiger partial charge in [0.1, 0.15) is 0 Å². The summed E-state index contributed by atoms with van der Waals surface area (Å²) in [6.45, 7) is 1.59. The van der Waals surface area contributed by atoms with E-state index in [1.807, 2.05) is 0 Å². The normalized spacial score (nSPS) is 15.6. The average Bonchev–Trinajstić information content (AvgIpc) is 2.96. The van der Waals surface area contributed by atoms with E-state index < -0.39 is 68.8 Å². The van der Waals surface area contributed by atoms with Gasteiger partial charge in [-0.1, -0.05) is 0 Å². The monoisotopic (exact) mass is 558 g/mol. The first-order valence-electron chi connectivity index (χ1n) is 7.86. The van der Waals surface area contributed by atoms with Crippen LogP contribution < -0.4 is 0 Å². The largest absolute Gasteiger partial charge is 0.395 e. The molecule has 0 amide bonds. The molecule has 34 heavy (non-hydrogen) atoms. The lowest BCUT2D eigenvalue weighted by molar-refractivity contribution is -0.445. The van der Waals surface area contributed by atoms with E-state index in [1.54, 1.807) is 0 Å². The van der Waals surface area contributed by atoms with Crippen LogP contribution in [0, 0.1) is 13.8 Å². The summed E-state index contributed by atoms with van der Waals surface area (Å²) in [5.41, 5.74) is -1.23. The van der Waals surface area contributed by atoms with Crippen LogP contribution in [0.5, 0.6) is 0 Å². The van der Waals surface area contributed by atoms with Crippen molar-refractivity contribution < 1.29 is 75.0 Å². The van der Waals surface area contributed by atoms with Crippen LogP contribution in [-0.4, -0.2) is 62.5 Å². The number of aromatic nitrogens is 2. The van der Waals surface area contributed by atoms with Crippen LogP contribution in [0.4, 0.5) is 70.2 Å². The zero-order valence-electron chi connectivity index (χ0n) is 15.8. The van der Waals surface area contributed by atoms with Crippen molar-refractivity contribution in [2.24, 2.45) is 0 Å². The van der Waals surface area contributed by atoms with Crippen molar-refractivity contribution in [1.82, 2.24) is 9.78 Å². The first kappa shape index (κ1) is 30.1. The van der Waals surface area contributed by atoms with Crippen molar-refractivity contribution in [3.63, 3.8) is 0 Å². The summed E-state index contributed by atoms with van der Waals surface area (Å²) in [5.74, 6) is -60.5. The first-order valence-corrected chi connectivity index (χ1v) is 8.24. The van der Waals surface area contributed by atoms with Crippen LogP contribution in [0.3, 0.4) is 0 Å². The van der Waals surface area contributed by atoms with Crippen LogP contribution in [-0.2, 0) is 0 Å². The molecule has 0 atom stereocenters. The predicted octanol–water partition coefficient (Wildman–Crippen LogP) is 6.42. The van der Waals surface area contributed by atoms with E-state index in [4.69, 9.17) is 0 Å². The van der Waals surface area contributed by atoms with Crippen molar-refractivity contribution in [3.05, 3.63) is 17.5 Å². The summed E-state index contributed by atoms with van der Waals surface area (Å²) in [5, 5.41) is -4.02. The molecule has 0 N–H and O–H groups in total. The molecule has 20 heteroatoms. The van der Waals surface area contributed by atoms with Crippen LogP contribution in [0.2, 0.25) is 0 Å². The van der Waals surface area contributed by atoms with Crippen molar-refractivity contribution >= 4 is 17.5 Å². The third-order valence-electron chi connectivity index (χ3n) is 4.19. The van der Waals surface area contributed by atoms with Gasteiger partial charge >= 0.3 is 52.7 Å². The third-order valence-corrected chi connectivity index (χ3v) is 4.43. The molecule has 1 aromatic rings. The van der Waals surface area contributed by atoms with Gasteiger partial charge in [-0.05, 0) is 31.5 Å². The lowest BCUT2D eigenvalue weighted by Crippen LogP contribution is -2.75. The summed E-state index contributed by atoms with van der Waals surface area (Å²) in [4.78, 5) is 11.6. The molecule has 0 aliphatic heterocycles. The van der Waals surface area contributed by atoms with Gasteiger partial charge in [0, 0.05) is 5.69 Å². The molecule has 0 aliphatic carbocycles. The van der Waals surface area contributed by atoms with Gasteiger partial charge in [-0.25, -0.2) is 0 Å². The van der Waals surface area contributed by atoms with Crippen LogP contribution in [0.1, 0.15) is 16.2 Å². The minimum atomic E-state index is -8.63. The van der Waals surface area contributed by atoms with E-state index in [2.05, 4.69) is 16.7 Å². The van der Waals surface area contributed by atoms with E-state index in [1.165, 1.54) is 0 Å². The average molecular weight is 559 g/mol. The highest BCUT2D eigenvalue weighted by Gasteiger charge is 2.95. The van der Waals surface area contributed by atoms with Gasteiger partial charge in [0.05, 0.1) is 5.69 Å². The van der Waals surface area contributed by atoms with E-state index >= 15 is 0 Å². The number of carbonyl (C=O) groups is 1. The van der Waals surface area contributed by atoms with E-state index in [9.17, 15) is 75.0 Å². The zero-order valence-corrected chi connectivity index (χ0v) is 16.6. The maximum atomic E-state index is 13.9. The molecule has 198 valence electrons. The highest BCUT2D eigenvalue weighted by atomic mass is 35.5. The summed E-state index contributed by atoms with van der Waals surface area (Å²) < 4.78 is 214. The summed E-state index contributed by atoms with van der Waals surface area (Å²) in [6.07, 6.45) is 0. The standard InChI is InChI=1S/C14H7ClF16N2O/c1-4-3-5(2)33(32-4)6(34)7(16,17)8(18,19)9(20,21)10(22,23)11(24,25)12(26,27)13(28,29)14(15,30)31/h3H,1-2H3. The smallest absolute Gasteiger partial charge is 0.265 e. The Bertz CT molecular complexity index is 948. The molecular formula is C14H7ClF16N2O. The van der Waals surface area contributed by atoms with E-state index in [-0.39, 0.29) is 0 Å². The lowest BCUT2D eigenvalue weighted by atomic mass is 9.89. The Balaban J connectivity index is 3.71. The minimum Gasteiger partial charge on any atom is -0.265 e. The second kappa shape index (κ2) is 7.78. The van der Waals surface area contributed by atoms with Gasteiger partial charge < -0.3 is 0 Å². The molecule has 3 nitrogen and oxygen atoms in total. The maximum Gasteiger partial charge on any atom is 0.395 e. The molecule has 0 aromatic carbocycles. The molecule has 1 rings (SSSR count). The zero-order chi connectivity index (χ0) is 27.7. The SMILES string of the molecule is Cc1cc(C)n(C(=O)C(F)(F)C(F)(F)C(F)(F)C(F)(F)C(F)(F)C(F)(F)C(F)(F)C(F)(F)Cl)n1. The molecule has 0 spiro atoms. The Labute approximate surface area is 181 Å². The van der Waals surface area contributed by atoms with Crippen LogP contribution >= 0.6 is 11.6 Å². The Hall–Kier alpha value is -1.95. The van der Waals surface area contributed by atoms with Gasteiger partial charge in [0.2, 0.25) is 0 Å². The van der Waals surface area contributed by atoms with E-state index in [0.29, 0.717) is 13.0 Å². The molecule has 0 saturated heterocycles. The molecule has 0 fully saturated rings. The number of hydrogen-bond donors (Lipinski definition) is 0. The fourth-order valence-electron chi connectivity index (χ4n) is 2.27. The molecule has 0 unspecified atom stereocenters. The van der Waals surface area contributed by atoms with Crippen molar-refractivity contribution in [1.29, 1.82) is 0 Å². The fraction of sp³-hybridized carbons (Fsp3) is 0.714. The number of halogens is 17.